The van der Waals surface area contributed by atoms with Crippen LogP contribution >= 0.6 is 0 Å². The summed E-state index contributed by atoms with van der Waals surface area (Å²) < 4.78 is 45.7. The van der Waals surface area contributed by atoms with Crippen LogP contribution in [0.3, 0.4) is 0 Å². The van der Waals surface area contributed by atoms with Gasteiger partial charge in [-0.25, -0.2) is 4.98 Å². The molecule has 0 bridgehead atoms. The third-order valence-corrected chi connectivity index (χ3v) is 3.93. The molecule has 7 heteroatoms. The van der Waals surface area contributed by atoms with Crippen molar-refractivity contribution >= 4 is 28.1 Å². The SMILES string of the molecule is COc1ccc2nc(N(C)c3ccc(N)cc3)cc(C(F)(F)F)c2c1. The minimum absolute atomic E-state index is 0.00121. The van der Waals surface area contributed by atoms with E-state index in [1.54, 1.807) is 42.3 Å². The van der Waals surface area contributed by atoms with E-state index in [-0.39, 0.29) is 16.7 Å². The molecule has 0 aliphatic rings. The molecule has 0 unspecified atom stereocenters. The first-order valence-electron chi connectivity index (χ1n) is 7.45. The van der Waals surface area contributed by atoms with Gasteiger partial charge in [-0.3, -0.25) is 0 Å². The highest BCUT2D eigenvalue weighted by atomic mass is 19.4. The standard InChI is InChI=1S/C18H16F3N3O/c1-24(12-5-3-11(22)4-6-12)17-10-15(18(19,20)21)14-9-13(25-2)7-8-16(14)23-17/h3-10H,22H2,1-2H3. The Hall–Kier alpha value is -2.96. The monoisotopic (exact) mass is 347 g/mol. The van der Waals surface area contributed by atoms with Crippen LogP contribution in [-0.4, -0.2) is 19.1 Å². The summed E-state index contributed by atoms with van der Waals surface area (Å²) in [5.41, 5.74) is 6.40. The lowest BCUT2D eigenvalue weighted by molar-refractivity contribution is -0.136. The molecule has 2 N–H and O–H groups in total. The summed E-state index contributed by atoms with van der Waals surface area (Å²) in [5.74, 6) is 0.536. The third-order valence-electron chi connectivity index (χ3n) is 3.93. The van der Waals surface area contributed by atoms with Crippen molar-refractivity contribution in [2.24, 2.45) is 0 Å². The number of pyridine rings is 1. The molecule has 0 atom stereocenters. The van der Waals surface area contributed by atoms with E-state index < -0.39 is 11.7 Å². The second-order valence-corrected chi connectivity index (χ2v) is 5.56. The summed E-state index contributed by atoms with van der Waals surface area (Å²) in [6, 6.07) is 12.3. The number of anilines is 3. The molecule has 0 amide bonds. The summed E-state index contributed by atoms with van der Waals surface area (Å²) in [6.07, 6.45) is -4.51. The number of benzene rings is 2. The molecule has 4 nitrogen and oxygen atoms in total. The van der Waals surface area contributed by atoms with Gasteiger partial charge in [-0.1, -0.05) is 0 Å². The number of methoxy groups -OCH3 is 1. The maximum Gasteiger partial charge on any atom is 0.417 e. The van der Waals surface area contributed by atoms with Crippen LogP contribution in [0.5, 0.6) is 5.75 Å². The van der Waals surface area contributed by atoms with Crippen molar-refractivity contribution in [1.29, 1.82) is 0 Å². The summed E-state index contributed by atoms with van der Waals surface area (Å²) >= 11 is 0. The van der Waals surface area contributed by atoms with Crippen LogP contribution in [0.2, 0.25) is 0 Å². The molecule has 3 rings (SSSR count). The molecule has 0 fully saturated rings. The lowest BCUT2D eigenvalue weighted by Gasteiger charge is -2.21. The van der Waals surface area contributed by atoms with E-state index in [0.29, 0.717) is 17.1 Å². The molecule has 130 valence electrons. The summed E-state index contributed by atoms with van der Waals surface area (Å²) in [6.45, 7) is 0. The Morgan fingerprint density at radius 3 is 2.32 bits per heavy atom. The molecule has 25 heavy (non-hydrogen) atoms. The zero-order valence-electron chi connectivity index (χ0n) is 13.6. The van der Waals surface area contributed by atoms with Gasteiger partial charge >= 0.3 is 6.18 Å². The summed E-state index contributed by atoms with van der Waals surface area (Å²) in [7, 11) is 3.06. The zero-order valence-corrected chi connectivity index (χ0v) is 13.6. The maximum atomic E-state index is 13.5. The van der Waals surface area contributed by atoms with Crippen LogP contribution in [-0.2, 0) is 6.18 Å². The zero-order chi connectivity index (χ0) is 18.2. The molecular formula is C18H16F3N3O. The number of rotatable bonds is 3. The van der Waals surface area contributed by atoms with Gasteiger partial charge in [0.1, 0.15) is 11.6 Å². The molecule has 3 aromatic rings. The van der Waals surface area contributed by atoms with E-state index in [1.807, 2.05) is 0 Å². The molecular weight excluding hydrogens is 331 g/mol. The fraction of sp³-hybridized carbons (Fsp3) is 0.167. The number of aromatic nitrogens is 1. The van der Waals surface area contributed by atoms with Crippen LogP contribution in [0.4, 0.5) is 30.4 Å². The Kier molecular flexibility index (Phi) is 4.16. The van der Waals surface area contributed by atoms with E-state index in [9.17, 15) is 13.2 Å². The predicted octanol–water partition coefficient (Wildman–Crippen LogP) is 4.61. The van der Waals surface area contributed by atoms with Gasteiger partial charge in [0.2, 0.25) is 0 Å². The molecule has 0 aliphatic carbocycles. The van der Waals surface area contributed by atoms with Crippen molar-refractivity contribution in [3.05, 3.63) is 54.1 Å². The Balaban J connectivity index is 2.18. The van der Waals surface area contributed by atoms with Gasteiger partial charge in [0, 0.05) is 23.8 Å². The summed E-state index contributed by atoms with van der Waals surface area (Å²) in [4.78, 5) is 5.94. The quantitative estimate of drug-likeness (QED) is 0.703. The van der Waals surface area contributed by atoms with Gasteiger partial charge in [0.25, 0.3) is 0 Å². The number of nitrogens with zero attached hydrogens (tertiary/aromatic N) is 2. The number of nitrogens with two attached hydrogens (primary N) is 1. The maximum absolute atomic E-state index is 13.5. The van der Waals surface area contributed by atoms with Crippen LogP contribution < -0.4 is 15.4 Å². The van der Waals surface area contributed by atoms with Gasteiger partial charge in [-0.2, -0.15) is 13.2 Å². The molecule has 1 heterocycles. The van der Waals surface area contributed by atoms with Crippen LogP contribution in [0.1, 0.15) is 5.56 Å². The first kappa shape index (κ1) is 16.9. The van der Waals surface area contributed by atoms with Gasteiger partial charge in [-0.05, 0) is 48.5 Å². The van der Waals surface area contributed by atoms with E-state index in [4.69, 9.17) is 10.5 Å². The highest BCUT2D eigenvalue weighted by Crippen LogP contribution is 2.38. The number of fused-ring (bicyclic) bond motifs is 1. The van der Waals surface area contributed by atoms with Crippen LogP contribution in [0.15, 0.2) is 48.5 Å². The summed E-state index contributed by atoms with van der Waals surface area (Å²) in [5, 5.41) is 0.00121. The van der Waals surface area contributed by atoms with E-state index in [2.05, 4.69) is 4.98 Å². The molecule has 0 spiro atoms. The number of halogens is 3. The molecule has 2 aromatic carbocycles. The first-order valence-corrected chi connectivity index (χ1v) is 7.45. The number of hydrogen-bond acceptors (Lipinski definition) is 4. The number of nitrogen functional groups attached to an aromatic ring is 1. The van der Waals surface area contributed by atoms with E-state index in [1.165, 1.54) is 19.2 Å². The van der Waals surface area contributed by atoms with Crippen molar-refractivity contribution < 1.29 is 17.9 Å². The number of alkyl halides is 3. The molecule has 0 saturated heterocycles. The highest BCUT2D eigenvalue weighted by molar-refractivity contribution is 5.86. The fourth-order valence-corrected chi connectivity index (χ4v) is 2.55. The average molecular weight is 347 g/mol. The second-order valence-electron chi connectivity index (χ2n) is 5.56. The van der Waals surface area contributed by atoms with Crippen molar-refractivity contribution in [3.63, 3.8) is 0 Å². The van der Waals surface area contributed by atoms with E-state index >= 15 is 0 Å². The van der Waals surface area contributed by atoms with E-state index in [0.717, 1.165) is 6.07 Å². The Morgan fingerprint density at radius 1 is 1.04 bits per heavy atom. The Morgan fingerprint density at radius 2 is 1.72 bits per heavy atom. The highest BCUT2D eigenvalue weighted by Gasteiger charge is 2.34. The topological polar surface area (TPSA) is 51.4 Å². The molecule has 0 aliphatic heterocycles. The first-order chi connectivity index (χ1) is 11.8. The third kappa shape index (κ3) is 3.31. The van der Waals surface area contributed by atoms with Crippen molar-refractivity contribution in [3.8, 4) is 5.75 Å². The largest absolute Gasteiger partial charge is 0.497 e. The number of ether oxygens (including phenoxy) is 1. The van der Waals surface area contributed by atoms with Crippen molar-refractivity contribution in [2.45, 2.75) is 6.18 Å². The minimum atomic E-state index is -4.51. The van der Waals surface area contributed by atoms with Crippen molar-refractivity contribution in [2.75, 3.05) is 24.8 Å². The lowest BCUT2D eigenvalue weighted by Crippen LogP contribution is -2.14. The Bertz CT molecular complexity index is 908. The van der Waals surface area contributed by atoms with Gasteiger partial charge in [0.05, 0.1) is 18.2 Å². The van der Waals surface area contributed by atoms with Gasteiger partial charge in [-0.15, -0.1) is 0 Å². The fourth-order valence-electron chi connectivity index (χ4n) is 2.55. The van der Waals surface area contributed by atoms with Crippen LogP contribution in [0, 0.1) is 0 Å². The lowest BCUT2D eigenvalue weighted by atomic mass is 10.1. The normalized spacial score (nSPS) is 11.6. The molecule has 0 saturated carbocycles. The Labute approximate surface area is 142 Å². The molecule has 0 radical (unpaired) electrons. The van der Waals surface area contributed by atoms with Crippen LogP contribution in [0.25, 0.3) is 10.9 Å². The predicted molar refractivity (Wildman–Crippen MR) is 92.2 cm³/mol. The van der Waals surface area contributed by atoms with Crippen molar-refractivity contribution in [1.82, 2.24) is 4.98 Å². The second kappa shape index (κ2) is 6.16. The number of hydrogen-bond donors (Lipinski definition) is 1. The molecule has 1 aromatic heterocycles. The smallest absolute Gasteiger partial charge is 0.417 e. The average Bonchev–Trinajstić information content (AvgIpc) is 2.59. The van der Waals surface area contributed by atoms with Gasteiger partial charge < -0.3 is 15.4 Å². The van der Waals surface area contributed by atoms with Gasteiger partial charge in [0.15, 0.2) is 0 Å². The minimum Gasteiger partial charge on any atom is -0.497 e.